The smallest absolute Gasteiger partial charge is 0.421 e. The molecule has 0 N–H and O–H groups in total. The van der Waals surface area contributed by atoms with Gasteiger partial charge in [0.15, 0.2) is 5.60 Å². The van der Waals surface area contributed by atoms with Gasteiger partial charge in [0.1, 0.15) is 5.75 Å². The average molecular weight is 235 g/mol. The monoisotopic (exact) mass is 235 g/mol. The van der Waals surface area contributed by atoms with Crippen LogP contribution in [0.1, 0.15) is 13.8 Å². The van der Waals surface area contributed by atoms with Crippen LogP contribution in [0.3, 0.4) is 0 Å². The normalized spacial score (nSPS) is 17.1. The molecule has 0 atom stereocenters. The summed E-state index contributed by atoms with van der Waals surface area (Å²) in [5.41, 5.74) is -0.675. The third-order valence-corrected chi connectivity index (χ3v) is 2.55. The Morgan fingerprint density at radius 1 is 1.35 bits per heavy atom. The van der Waals surface area contributed by atoms with Crippen molar-refractivity contribution >= 4 is 17.7 Å². The van der Waals surface area contributed by atoms with Gasteiger partial charge in [-0.05, 0) is 26.0 Å². The SMILES string of the molecule is COC(=O)N1C(=O)C(C)(C)Oc2ccccc21. The van der Waals surface area contributed by atoms with Gasteiger partial charge in [0.25, 0.3) is 5.91 Å². The van der Waals surface area contributed by atoms with E-state index in [-0.39, 0.29) is 0 Å². The number of para-hydroxylation sites is 2. The predicted molar refractivity (Wildman–Crippen MR) is 61.0 cm³/mol. The Morgan fingerprint density at radius 2 is 2.00 bits per heavy atom. The maximum Gasteiger partial charge on any atom is 0.421 e. The van der Waals surface area contributed by atoms with Crippen molar-refractivity contribution in [2.24, 2.45) is 0 Å². The Labute approximate surface area is 98.9 Å². The van der Waals surface area contributed by atoms with Crippen molar-refractivity contribution in [1.29, 1.82) is 0 Å². The van der Waals surface area contributed by atoms with E-state index in [1.807, 2.05) is 0 Å². The molecule has 0 aromatic heterocycles. The van der Waals surface area contributed by atoms with Crippen LogP contribution in [0.15, 0.2) is 24.3 Å². The van der Waals surface area contributed by atoms with Crippen LogP contribution in [0.25, 0.3) is 0 Å². The molecular weight excluding hydrogens is 222 g/mol. The van der Waals surface area contributed by atoms with Crippen LogP contribution >= 0.6 is 0 Å². The molecule has 1 aliphatic heterocycles. The van der Waals surface area contributed by atoms with Crippen LogP contribution in [0.4, 0.5) is 10.5 Å². The van der Waals surface area contributed by atoms with Crippen LogP contribution in [-0.4, -0.2) is 24.7 Å². The van der Waals surface area contributed by atoms with E-state index in [1.165, 1.54) is 7.11 Å². The number of anilines is 1. The topological polar surface area (TPSA) is 55.8 Å². The molecule has 0 radical (unpaired) electrons. The number of hydrogen-bond acceptors (Lipinski definition) is 4. The van der Waals surface area contributed by atoms with Crippen molar-refractivity contribution in [3.8, 4) is 5.75 Å². The third-order valence-electron chi connectivity index (χ3n) is 2.55. The fraction of sp³-hybridized carbons (Fsp3) is 0.333. The zero-order chi connectivity index (χ0) is 12.6. The lowest BCUT2D eigenvalue weighted by Crippen LogP contribution is -2.54. The third kappa shape index (κ3) is 1.73. The molecule has 0 saturated heterocycles. The van der Waals surface area contributed by atoms with Gasteiger partial charge < -0.3 is 9.47 Å². The van der Waals surface area contributed by atoms with Gasteiger partial charge in [-0.1, -0.05) is 12.1 Å². The highest BCUT2D eigenvalue weighted by Crippen LogP contribution is 2.37. The lowest BCUT2D eigenvalue weighted by Gasteiger charge is -2.36. The summed E-state index contributed by atoms with van der Waals surface area (Å²) in [6.45, 7) is 3.22. The minimum absolute atomic E-state index is 0.406. The standard InChI is InChI=1S/C12H13NO4/c1-12(2)10(14)13(11(15)16-3)8-6-4-5-7-9(8)17-12/h4-7H,1-3H3. The van der Waals surface area contributed by atoms with E-state index in [4.69, 9.17) is 4.74 Å². The first kappa shape index (κ1) is 11.4. The number of hydrogen-bond donors (Lipinski definition) is 0. The van der Waals surface area contributed by atoms with Gasteiger partial charge in [0.2, 0.25) is 0 Å². The lowest BCUT2D eigenvalue weighted by molar-refractivity contribution is -0.132. The predicted octanol–water partition coefficient (Wildman–Crippen LogP) is 1.96. The van der Waals surface area contributed by atoms with Gasteiger partial charge in [-0.25, -0.2) is 9.69 Å². The van der Waals surface area contributed by atoms with Crippen molar-refractivity contribution in [2.75, 3.05) is 12.0 Å². The highest BCUT2D eigenvalue weighted by atomic mass is 16.6. The number of nitrogens with zero attached hydrogens (tertiary/aromatic N) is 1. The minimum atomic E-state index is -1.08. The quantitative estimate of drug-likeness (QED) is 0.689. The number of rotatable bonds is 0. The molecule has 5 heteroatoms. The molecule has 17 heavy (non-hydrogen) atoms. The molecule has 90 valence electrons. The molecule has 5 nitrogen and oxygen atoms in total. The van der Waals surface area contributed by atoms with Crippen molar-refractivity contribution in [2.45, 2.75) is 19.4 Å². The zero-order valence-corrected chi connectivity index (χ0v) is 9.89. The van der Waals surface area contributed by atoms with Crippen LogP contribution in [0.2, 0.25) is 0 Å². The van der Waals surface area contributed by atoms with Crippen LogP contribution in [0, 0.1) is 0 Å². The van der Waals surface area contributed by atoms with Gasteiger partial charge in [-0.2, -0.15) is 0 Å². The van der Waals surface area contributed by atoms with Crippen LogP contribution < -0.4 is 9.64 Å². The van der Waals surface area contributed by atoms with E-state index in [0.29, 0.717) is 11.4 Å². The van der Waals surface area contributed by atoms with Crippen molar-refractivity contribution in [1.82, 2.24) is 0 Å². The van der Waals surface area contributed by atoms with E-state index >= 15 is 0 Å². The first-order valence-electron chi connectivity index (χ1n) is 5.18. The van der Waals surface area contributed by atoms with E-state index < -0.39 is 17.6 Å². The fourth-order valence-electron chi connectivity index (χ4n) is 1.70. The number of fused-ring (bicyclic) bond motifs is 1. The molecule has 2 amide bonds. The lowest BCUT2D eigenvalue weighted by atomic mass is 10.0. The Kier molecular flexibility index (Phi) is 2.53. The average Bonchev–Trinajstić information content (AvgIpc) is 2.29. The van der Waals surface area contributed by atoms with Crippen LogP contribution in [-0.2, 0) is 9.53 Å². The summed E-state index contributed by atoms with van der Waals surface area (Å²) in [4.78, 5) is 24.8. The molecule has 0 fully saturated rings. The van der Waals surface area contributed by atoms with Crippen molar-refractivity contribution in [3.63, 3.8) is 0 Å². The van der Waals surface area contributed by atoms with Gasteiger partial charge in [-0.15, -0.1) is 0 Å². The second-order valence-electron chi connectivity index (χ2n) is 4.19. The fourth-order valence-corrected chi connectivity index (χ4v) is 1.70. The van der Waals surface area contributed by atoms with Gasteiger partial charge in [0, 0.05) is 0 Å². The Hall–Kier alpha value is -2.04. The summed E-state index contributed by atoms with van der Waals surface area (Å²) >= 11 is 0. The first-order valence-corrected chi connectivity index (χ1v) is 5.18. The molecule has 1 aromatic carbocycles. The number of ether oxygens (including phenoxy) is 2. The number of carbonyl (C=O) groups is 2. The molecule has 0 spiro atoms. The summed E-state index contributed by atoms with van der Waals surface area (Å²) in [7, 11) is 1.24. The first-order chi connectivity index (χ1) is 7.97. The molecule has 0 aliphatic carbocycles. The van der Waals surface area contributed by atoms with E-state index in [9.17, 15) is 9.59 Å². The molecule has 0 saturated carbocycles. The number of benzene rings is 1. The van der Waals surface area contributed by atoms with E-state index in [1.54, 1.807) is 38.1 Å². The largest absolute Gasteiger partial charge is 0.476 e. The molecule has 0 bridgehead atoms. The number of imide groups is 1. The maximum absolute atomic E-state index is 12.1. The molecular formula is C12H13NO4. The number of amides is 2. The summed E-state index contributed by atoms with van der Waals surface area (Å²) in [5.74, 6) is 0.0468. The summed E-state index contributed by atoms with van der Waals surface area (Å²) in [6.07, 6.45) is -0.709. The zero-order valence-electron chi connectivity index (χ0n) is 9.89. The van der Waals surface area contributed by atoms with Gasteiger partial charge >= 0.3 is 6.09 Å². The molecule has 0 unspecified atom stereocenters. The molecule has 1 aromatic rings. The van der Waals surface area contributed by atoms with Crippen molar-refractivity contribution in [3.05, 3.63) is 24.3 Å². The van der Waals surface area contributed by atoms with Crippen LogP contribution in [0.5, 0.6) is 5.75 Å². The second-order valence-corrected chi connectivity index (χ2v) is 4.19. The van der Waals surface area contributed by atoms with E-state index in [0.717, 1.165) is 4.90 Å². The van der Waals surface area contributed by atoms with Crippen molar-refractivity contribution < 1.29 is 19.1 Å². The molecule has 2 rings (SSSR count). The summed E-state index contributed by atoms with van der Waals surface area (Å²) in [5, 5.41) is 0. The summed E-state index contributed by atoms with van der Waals surface area (Å²) in [6, 6.07) is 6.85. The highest BCUT2D eigenvalue weighted by Gasteiger charge is 2.44. The minimum Gasteiger partial charge on any atom is -0.476 e. The molecule has 1 heterocycles. The van der Waals surface area contributed by atoms with Gasteiger partial charge in [0.05, 0.1) is 12.8 Å². The Bertz CT molecular complexity index is 481. The second kappa shape index (κ2) is 3.76. The van der Waals surface area contributed by atoms with E-state index in [2.05, 4.69) is 4.74 Å². The van der Waals surface area contributed by atoms with Gasteiger partial charge in [-0.3, -0.25) is 4.79 Å². The maximum atomic E-state index is 12.1. The summed E-state index contributed by atoms with van der Waals surface area (Å²) < 4.78 is 10.2. The molecule has 1 aliphatic rings. The number of carbonyl (C=O) groups excluding carboxylic acids is 2. The Morgan fingerprint density at radius 3 is 2.65 bits per heavy atom. The highest BCUT2D eigenvalue weighted by molar-refractivity contribution is 6.17. The Balaban J connectivity index is 2.56. The number of methoxy groups -OCH3 is 1.